The molecule has 0 spiro atoms. The van der Waals surface area contributed by atoms with Gasteiger partial charge in [-0.25, -0.2) is 19.9 Å². The Balaban J connectivity index is 1.72. The van der Waals surface area contributed by atoms with Gasteiger partial charge < -0.3 is 10.2 Å². The standard InChI is InChI=1S/C16H19N7S/c1-4-11-8-13(22-16(21-11)23(2)3)19-9-12-10-24-15(20-12)14-17-6-5-7-18-14/h5-8,10H,4,9H2,1-3H3,(H,19,21,22). The normalized spacial score (nSPS) is 10.6. The molecule has 7 nitrogen and oxygen atoms in total. The summed E-state index contributed by atoms with van der Waals surface area (Å²) in [6.07, 6.45) is 4.30. The number of anilines is 2. The lowest BCUT2D eigenvalue weighted by Crippen LogP contribution is -2.15. The SMILES string of the molecule is CCc1cc(NCc2csc(-c3ncccn3)n2)nc(N(C)C)n1. The Hall–Kier alpha value is -2.61. The third-order valence-corrected chi connectivity index (χ3v) is 4.18. The monoisotopic (exact) mass is 341 g/mol. The van der Waals surface area contributed by atoms with Crippen molar-refractivity contribution in [1.29, 1.82) is 0 Å². The third kappa shape index (κ3) is 3.83. The van der Waals surface area contributed by atoms with Gasteiger partial charge in [-0.05, 0) is 12.5 Å². The lowest BCUT2D eigenvalue weighted by Gasteiger charge is -2.13. The van der Waals surface area contributed by atoms with E-state index in [1.165, 1.54) is 11.3 Å². The van der Waals surface area contributed by atoms with Crippen LogP contribution in [-0.4, -0.2) is 39.0 Å². The first kappa shape index (κ1) is 16.3. The summed E-state index contributed by atoms with van der Waals surface area (Å²) >= 11 is 1.54. The van der Waals surface area contributed by atoms with E-state index in [1.54, 1.807) is 18.5 Å². The molecular formula is C16H19N7S. The zero-order valence-electron chi connectivity index (χ0n) is 13.9. The van der Waals surface area contributed by atoms with E-state index in [0.29, 0.717) is 18.3 Å². The van der Waals surface area contributed by atoms with Crippen molar-refractivity contribution < 1.29 is 0 Å². The van der Waals surface area contributed by atoms with Crippen LogP contribution in [0.3, 0.4) is 0 Å². The predicted molar refractivity (Wildman–Crippen MR) is 96.2 cm³/mol. The highest BCUT2D eigenvalue weighted by molar-refractivity contribution is 7.13. The summed E-state index contributed by atoms with van der Waals surface area (Å²) in [6.45, 7) is 2.68. The third-order valence-electron chi connectivity index (χ3n) is 3.29. The smallest absolute Gasteiger partial charge is 0.226 e. The molecule has 0 aliphatic rings. The molecule has 0 aromatic carbocycles. The Morgan fingerprint density at radius 3 is 2.58 bits per heavy atom. The minimum absolute atomic E-state index is 0.594. The summed E-state index contributed by atoms with van der Waals surface area (Å²) in [5, 5.41) is 6.15. The van der Waals surface area contributed by atoms with Gasteiger partial charge in [0.25, 0.3) is 0 Å². The highest BCUT2D eigenvalue weighted by Crippen LogP contribution is 2.20. The highest BCUT2D eigenvalue weighted by atomic mass is 32.1. The molecule has 0 atom stereocenters. The number of nitrogens with one attached hydrogen (secondary N) is 1. The zero-order chi connectivity index (χ0) is 16.9. The lowest BCUT2D eigenvalue weighted by molar-refractivity contribution is 0.931. The molecule has 24 heavy (non-hydrogen) atoms. The van der Waals surface area contributed by atoms with Crippen LogP contribution in [0, 0.1) is 0 Å². The molecule has 1 N–H and O–H groups in total. The molecule has 0 saturated carbocycles. The van der Waals surface area contributed by atoms with Crippen molar-refractivity contribution in [3.63, 3.8) is 0 Å². The van der Waals surface area contributed by atoms with Crippen molar-refractivity contribution >= 4 is 23.1 Å². The van der Waals surface area contributed by atoms with E-state index in [4.69, 9.17) is 0 Å². The van der Waals surface area contributed by atoms with Gasteiger partial charge >= 0.3 is 0 Å². The molecule has 3 rings (SSSR count). The Kier molecular flexibility index (Phi) is 4.95. The van der Waals surface area contributed by atoms with Crippen LogP contribution < -0.4 is 10.2 Å². The molecule has 0 unspecified atom stereocenters. The molecule has 0 bridgehead atoms. The quantitative estimate of drug-likeness (QED) is 0.738. The van der Waals surface area contributed by atoms with Crippen LogP contribution in [0.2, 0.25) is 0 Å². The van der Waals surface area contributed by atoms with Crippen molar-refractivity contribution in [2.45, 2.75) is 19.9 Å². The Bertz CT molecular complexity index is 801. The van der Waals surface area contributed by atoms with Gasteiger partial charge in [-0.3, -0.25) is 0 Å². The van der Waals surface area contributed by atoms with Crippen LogP contribution in [0.15, 0.2) is 29.9 Å². The summed E-state index contributed by atoms with van der Waals surface area (Å²) in [6, 6.07) is 3.77. The predicted octanol–water partition coefficient (Wildman–Crippen LogP) is 2.63. The lowest BCUT2D eigenvalue weighted by atomic mass is 10.3. The average molecular weight is 341 g/mol. The fourth-order valence-electron chi connectivity index (χ4n) is 2.04. The first-order valence-electron chi connectivity index (χ1n) is 7.66. The van der Waals surface area contributed by atoms with Gasteiger partial charge in [-0.2, -0.15) is 4.98 Å². The van der Waals surface area contributed by atoms with Crippen LogP contribution in [0.1, 0.15) is 18.3 Å². The van der Waals surface area contributed by atoms with E-state index < -0.39 is 0 Å². The molecule has 0 aliphatic heterocycles. The van der Waals surface area contributed by atoms with Crippen molar-refractivity contribution in [1.82, 2.24) is 24.9 Å². The summed E-state index contributed by atoms with van der Waals surface area (Å²) in [5.74, 6) is 2.16. The maximum absolute atomic E-state index is 4.57. The van der Waals surface area contributed by atoms with E-state index in [2.05, 4.69) is 37.2 Å². The van der Waals surface area contributed by atoms with Gasteiger partial charge in [-0.1, -0.05) is 6.92 Å². The number of nitrogens with zero attached hydrogens (tertiary/aromatic N) is 6. The number of thiazole rings is 1. The van der Waals surface area contributed by atoms with E-state index in [-0.39, 0.29) is 0 Å². The van der Waals surface area contributed by atoms with Crippen molar-refractivity contribution in [3.8, 4) is 10.8 Å². The molecule has 124 valence electrons. The van der Waals surface area contributed by atoms with E-state index in [1.807, 2.05) is 30.4 Å². The Morgan fingerprint density at radius 2 is 1.88 bits per heavy atom. The molecule has 3 aromatic rings. The zero-order valence-corrected chi connectivity index (χ0v) is 14.7. The minimum Gasteiger partial charge on any atom is -0.364 e. The van der Waals surface area contributed by atoms with Crippen LogP contribution >= 0.6 is 11.3 Å². The highest BCUT2D eigenvalue weighted by Gasteiger charge is 2.09. The largest absolute Gasteiger partial charge is 0.364 e. The number of rotatable bonds is 6. The van der Waals surface area contributed by atoms with Gasteiger partial charge in [0.1, 0.15) is 5.82 Å². The molecule has 0 aliphatic carbocycles. The van der Waals surface area contributed by atoms with Crippen LogP contribution in [0.4, 0.5) is 11.8 Å². The molecule has 0 amide bonds. The van der Waals surface area contributed by atoms with Gasteiger partial charge in [0.2, 0.25) is 5.95 Å². The maximum atomic E-state index is 4.57. The molecule has 0 saturated heterocycles. The van der Waals surface area contributed by atoms with Crippen molar-refractivity contribution in [2.75, 3.05) is 24.3 Å². The molecule has 8 heteroatoms. The van der Waals surface area contributed by atoms with Gasteiger partial charge in [0.05, 0.1) is 12.2 Å². The number of aromatic nitrogens is 5. The topological polar surface area (TPSA) is 79.7 Å². The number of hydrogen-bond donors (Lipinski definition) is 1. The second-order valence-electron chi connectivity index (χ2n) is 5.36. The van der Waals surface area contributed by atoms with Crippen LogP contribution in [0.5, 0.6) is 0 Å². The molecular weight excluding hydrogens is 322 g/mol. The van der Waals surface area contributed by atoms with Gasteiger partial charge in [0.15, 0.2) is 10.8 Å². The van der Waals surface area contributed by atoms with Crippen molar-refractivity contribution in [3.05, 3.63) is 41.3 Å². The van der Waals surface area contributed by atoms with Crippen molar-refractivity contribution in [2.24, 2.45) is 0 Å². The van der Waals surface area contributed by atoms with E-state index >= 15 is 0 Å². The van der Waals surface area contributed by atoms with Gasteiger partial charge in [0, 0.05) is 43.6 Å². The first-order valence-corrected chi connectivity index (χ1v) is 8.54. The molecule has 3 heterocycles. The second kappa shape index (κ2) is 7.31. The molecule has 0 radical (unpaired) electrons. The average Bonchev–Trinajstić information content (AvgIpc) is 3.09. The Morgan fingerprint density at radius 1 is 1.08 bits per heavy atom. The van der Waals surface area contributed by atoms with Crippen LogP contribution in [-0.2, 0) is 13.0 Å². The number of hydrogen-bond acceptors (Lipinski definition) is 8. The van der Waals surface area contributed by atoms with E-state index in [0.717, 1.165) is 28.6 Å². The second-order valence-corrected chi connectivity index (χ2v) is 6.22. The fourth-order valence-corrected chi connectivity index (χ4v) is 2.80. The summed E-state index contributed by atoms with van der Waals surface area (Å²) in [5.41, 5.74) is 1.94. The Labute approximate surface area is 144 Å². The fraction of sp³-hybridized carbons (Fsp3) is 0.312. The first-order chi connectivity index (χ1) is 11.7. The van der Waals surface area contributed by atoms with Gasteiger partial charge in [-0.15, -0.1) is 11.3 Å². The van der Waals surface area contributed by atoms with Crippen LogP contribution in [0.25, 0.3) is 10.8 Å². The summed E-state index contributed by atoms with van der Waals surface area (Å²) < 4.78 is 0. The maximum Gasteiger partial charge on any atom is 0.226 e. The summed E-state index contributed by atoms with van der Waals surface area (Å²) in [7, 11) is 3.87. The number of aryl methyl sites for hydroxylation is 1. The molecule has 3 aromatic heterocycles. The van der Waals surface area contributed by atoms with E-state index in [9.17, 15) is 0 Å². The summed E-state index contributed by atoms with van der Waals surface area (Å²) in [4.78, 5) is 23.9. The molecule has 0 fully saturated rings. The minimum atomic E-state index is 0.594.